The van der Waals surface area contributed by atoms with Crippen molar-refractivity contribution >= 4 is 11.7 Å². The average Bonchev–Trinajstić information content (AvgIpc) is 3.07. The van der Waals surface area contributed by atoms with Gasteiger partial charge in [0.15, 0.2) is 0 Å². The number of hydrogen-bond donors (Lipinski definition) is 1. The van der Waals surface area contributed by atoms with Crippen LogP contribution in [0.2, 0.25) is 0 Å². The molecule has 0 radical (unpaired) electrons. The predicted octanol–water partition coefficient (Wildman–Crippen LogP) is 5.48. The molecule has 0 saturated carbocycles. The van der Waals surface area contributed by atoms with E-state index in [4.69, 9.17) is 0 Å². The molecule has 1 aliphatic heterocycles. The second-order valence-electron chi connectivity index (χ2n) is 7.57. The summed E-state index contributed by atoms with van der Waals surface area (Å²) in [6.07, 6.45) is 1.62. The van der Waals surface area contributed by atoms with Gasteiger partial charge in [0.1, 0.15) is 17.5 Å². The summed E-state index contributed by atoms with van der Waals surface area (Å²) in [7, 11) is 0. The van der Waals surface area contributed by atoms with Crippen LogP contribution in [-0.4, -0.2) is 22.3 Å². The zero-order valence-electron chi connectivity index (χ0n) is 17.2. The second kappa shape index (κ2) is 7.86. The third-order valence-electron chi connectivity index (χ3n) is 5.62. The molecule has 0 spiro atoms. The molecule has 6 heteroatoms. The maximum atomic E-state index is 14.8. The minimum atomic E-state index is -0.370. The Hall–Kier alpha value is -3.28. The molecule has 30 heavy (non-hydrogen) atoms. The van der Waals surface area contributed by atoms with E-state index in [0.29, 0.717) is 41.2 Å². The van der Waals surface area contributed by atoms with Gasteiger partial charge in [-0.2, -0.15) is 0 Å². The van der Waals surface area contributed by atoms with Crippen LogP contribution in [0.25, 0.3) is 11.1 Å². The second-order valence-corrected chi connectivity index (χ2v) is 7.57. The van der Waals surface area contributed by atoms with Gasteiger partial charge in [-0.15, -0.1) is 0 Å². The van der Waals surface area contributed by atoms with E-state index in [-0.39, 0.29) is 23.6 Å². The van der Waals surface area contributed by atoms with Crippen molar-refractivity contribution in [1.82, 2.24) is 9.88 Å². The molecule has 1 aromatic heterocycles. The van der Waals surface area contributed by atoms with Crippen LogP contribution in [0.3, 0.4) is 0 Å². The van der Waals surface area contributed by atoms with Crippen LogP contribution >= 0.6 is 0 Å². The zero-order valence-corrected chi connectivity index (χ0v) is 17.2. The number of aromatic nitrogens is 1. The number of pyridine rings is 1. The number of rotatable bonds is 5. The van der Waals surface area contributed by atoms with Gasteiger partial charge >= 0.3 is 0 Å². The van der Waals surface area contributed by atoms with Crippen LogP contribution in [0.4, 0.5) is 14.6 Å². The molecule has 3 aromatic rings. The highest BCUT2D eigenvalue weighted by Gasteiger charge is 2.29. The van der Waals surface area contributed by atoms with E-state index >= 15 is 0 Å². The molecule has 0 saturated heterocycles. The van der Waals surface area contributed by atoms with Gasteiger partial charge in [-0.3, -0.25) is 4.79 Å². The highest BCUT2D eigenvalue weighted by Crippen LogP contribution is 2.31. The van der Waals surface area contributed by atoms with Gasteiger partial charge in [-0.25, -0.2) is 13.8 Å². The molecule has 1 amide bonds. The fourth-order valence-electron chi connectivity index (χ4n) is 3.80. The lowest BCUT2D eigenvalue weighted by atomic mass is 9.99. The summed E-state index contributed by atoms with van der Waals surface area (Å²) >= 11 is 0. The zero-order chi connectivity index (χ0) is 21.4. The van der Waals surface area contributed by atoms with Gasteiger partial charge < -0.3 is 10.2 Å². The average molecular weight is 407 g/mol. The molecule has 1 aliphatic rings. The molecule has 0 bridgehead atoms. The minimum Gasteiger partial charge on any atom is -0.363 e. The van der Waals surface area contributed by atoms with Crippen LogP contribution < -0.4 is 5.32 Å². The van der Waals surface area contributed by atoms with Gasteiger partial charge in [-0.1, -0.05) is 18.2 Å². The van der Waals surface area contributed by atoms with Gasteiger partial charge in [0.05, 0.1) is 12.6 Å². The summed E-state index contributed by atoms with van der Waals surface area (Å²) in [5.74, 6) is -0.0270. The highest BCUT2D eigenvalue weighted by atomic mass is 19.1. The van der Waals surface area contributed by atoms with E-state index in [1.54, 1.807) is 42.3 Å². The van der Waals surface area contributed by atoms with Crippen molar-refractivity contribution in [3.05, 3.63) is 82.5 Å². The van der Waals surface area contributed by atoms with Crippen molar-refractivity contribution in [2.45, 2.75) is 33.4 Å². The Morgan fingerprint density at radius 1 is 1.10 bits per heavy atom. The van der Waals surface area contributed by atoms with Crippen LogP contribution in [0.5, 0.6) is 0 Å². The van der Waals surface area contributed by atoms with Gasteiger partial charge in [0.2, 0.25) is 0 Å². The first-order valence-electron chi connectivity index (χ1n) is 9.98. The summed E-state index contributed by atoms with van der Waals surface area (Å²) < 4.78 is 28.4. The molecule has 0 aliphatic carbocycles. The number of anilines is 1. The lowest BCUT2D eigenvalue weighted by Crippen LogP contribution is -2.22. The highest BCUT2D eigenvalue weighted by molar-refractivity contribution is 5.99. The largest absolute Gasteiger partial charge is 0.363 e. The molecule has 1 atom stereocenters. The number of fused-ring (bicyclic) bond motifs is 1. The first kappa shape index (κ1) is 20.0. The van der Waals surface area contributed by atoms with Gasteiger partial charge in [-0.05, 0) is 61.7 Å². The Labute approximate surface area is 174 Å². The molecule has 4 nitrogen and oxygen atoms in total. The van der Waals surface area contributed by atoms with Crippen molar-refractivity contribution in [3.8, 4) is 11.1 Å². The van der Waals surface area contributed by atoms with Gasteiger partial charge in [0.25, 0.3) is 5.91 Å². The molecular formula is C24H23F2N3O. The summed E-state index contributed by atoms with van der Waals surface area (Å²) in [6.45, 7) is 6.68. The number of nitrogens with zero attached hydrogens (tertiary/aromatic N) is 2. The van der Waals surface area contributed by atoms with E-state index < -0.39 is 0 Å². The monoisotopic (exact) mass is 407 g/mol. The van der Waals surface area contributed by atoms with Crippen LogP contribution in [0.1, 0.15) is 46.9 Å². The minimum absolute atomic E-state index is 0.00981. The third kappa shape index (κ3) is 3.54. The molecule has 4 rings (SSSR count). The fraction of sp³-hybridized carbons (Fsp3) is 0.250. The van der Waals surface area contributed by atoms with Gasteiger partial charge in [0, 0.05) is 29.4 Å². The predicted molar refractivity (Wildman–Crippen MR) is 113 cm³/mol. The van der Waals surface area contributed by atoms with E-state index in [1.807, 2.05) is 19.9 Å². The van der Waals surface area contributed by atoms with Crippen LogP contribution in [0.15, 0.2) is 48.7 Å². The van der Waals surface area contributed by atoms with Crippen molar-refractivity contribution in [2.24, 2.45) is 0 Å². The Bertz CT molecular complexity index is 1130. The summed E-state index contributed by atoms with van der Waals surface area (Å²) in [4.78, 5) is 18.6. The normalized spacial score (nSPS) is 14.0. The molecule has 0 fully saturated rings. The standard InChI is InChI=1S/C24H23F2N3O/c1-4-29-13-20-19(24(29)30)9-10-27-23(20)28-15(3)16-5-7-18(22(26)12-16)17-6-8-21(25)14(2)11-17/h5-12,15H,4,13H2,1-3H3,(H,27,28)/t15-/m0/s1. The van der Waals surface area contributed by atoms with Crippen molar-refractivity contribution < 1.29 is 13.6 Å². The molecular weight excluding hydrogens is 384 g/mol. The molecule has 154 valence electrons. The van der Waals surface area contributed by atoms with E-state index in [0.717, 1.165) is 11.1 Å². The Morgan fingerprint density at radius 2 is 1.90 bits per heavy atom. The number of hydrogen-bond acceptors (Lipinski definition) is 3. The molecule has 2 heterocycles. The van der Waals surface area contributed by atoms with E-state index in [1.165, 1.54) is 12.1 Å². The molecule has 0 unspecified atom stereocenters. The van der Waals surface area contributed by atoms with Crippen molar-refractivity contribution in [2.75, 3.05) is 11.9 Å². The number of carbonyl (C=O) groups excluding carboxylic acids is 1. The van der Waals surface area contributed by atoms with E-state index in [9.17, 15) is 13.6 Å². The Kier molecular flexibility index (Phi) is 5.24. The fourth-order valence-corrected chi connectivity index (χ4v) is 3.80. The smallest absolute Gasteiger partial charge is 0.254 e. The summed E-state index contributed by atoms with van der Waals surface area (Å²) in [5, 5.41) is 3.32. The lowest BCUT2D eigenvalue weighted by molar-refractivity contribution is 0.0787. The number of aryl methyl sites for hydroxylation is 1. The SMILES string of the molecule is CCN1Cc2c(ccnc2N[C@@H](C)c2ccc(-c3ccc(F)c(C)c3)c(F)c2)C1=O. The first-order chi connectivity index (χ1) is 14.4. The maximum Gasteiger partial charge on any atom is 0.254 e. The summed E-state index contributed by atoms with van der Waals surface area (Å²) in [5.41, 5.74) is 3.83. The van der Waals surface area contributed by atoms with E-state index in [2.05, 4.69) is 10.3 Å². The third-order valence-corrected chi connectivity index (χ3v) is 5.62. The number of benzene rings is 2. The maximum absolute atomic E-state index is 14.8. The van der Waals surface area contributed by atoms with Crippen molar-refractivity contribution in [1.29, 1.82) is 0 Å². The Balaban J connectivity index is 1.58. The van der Waals surface area contributed by atoms with Crippen molar-refractivity contribution in [3.63, 3.8) is 0 Å². The molecule has 2 aromatic carbocycles. The number of amides is 1. The number of carbonyl (C=O) groups is 1. The first-order valence-corrected chi connectivity index (χ1v) is 9.98. The summed E-state index contributed by atoms with van der Waals surface area (Å²) in [6, 6.07) is 11.1. The number of halogens is 2. The quantitative estimate of drug-likeness (QED) is 0.609. The Morgan fingerprint density at radius 3 is 2.60 bits per heavy atom. The number of nitrogens with one attached hydrogen (secondary N) is 1. The molecule has 1 N–H and O–H groups in total. The van der Waals surface area contributed by atoms with Crippen LogP contribution in [0, 0.1) is 18.6 Å². The van der Waals surface area contributed by atoms with Crippen LogP contribution in [-0.2, 0) is 6.54 Å². The topological polar surface area (TPSA) is 45.2 Å². The lowest BCUT2D eigenvalue weighted by Gasteiger charge is -2.18.